The van der Waals surface area contributed by atoms with Gasteiger partial charge >= 0.3 is 0 Å². The summed E-state index contributed by atoms with van der Waals surface area (Å²) >= 11 is 0. The van der Waals surface area contributed by atoms with Crippen LogP contribution < -0.4 is 5.73 Å². The van der Waals surface area contributed by atoms with Crippen molar-refractivity contribution in [3.63, 3.8) is 0 Å². The minimum absolute atomic E-state index is 0. The van der Waals surface area contributed by atoms with Crippen molar-refractivity contribution >= 4 is 24.0 Å². The van der Waals surface area contributed by atoms with Crippen LogP contribution in [0.3, 0.4) is 0 Å². The predicted octanol–water partition coefficient (Wildman–Crippen LogP) is -3.00. The van der Waals surface area contributed by atoms with Crippen LogP contribution in [0.5, 0.6) is 0 Å². The van der Waals surface area contributed by atoms with E-state index in [1.54, 1.807) is 0 Å². The maximum absolute atomic E-state index is 9.04. The number of aliphatic hydroxyl groups excluding tert-OH is 5. The van der Waals surface area contributed by atoms with Gasteiger partial charge in [-0.3, -0.25) is 0 Å². The van der Waals surface area contributed by atoms with Gasteiger partial charge in [0.1, 0.15) is 18.3 Å². The lowest BCUT2D eigenvalue weighted by atomic mass is 10.0. The standard InChI is InChI=1S/C6H15NO5.HI/c7-1-3(9)5(11)6(12)4(10)2-8;/h3-6,8-12H,1-2,7H2;1H/t3-,4+,5+,6-;/m1./s1. The molecule has 7 N–H and O–H groups in total. The van der Waals surface area contributed by atoms with Crippen molar-refractivity contribution in [1.29, 1.82) is 0 Å². The Morgan fingerprint density at radius 1 is 0.923 bits per heavy atom. The van der Waals surface area contributed by atoms with Gasteiger partial charge in [0.05, 0.1) is 12.7 Å². The van der Waals surface area contributed by atoms with E-state index in [-0.39, 0.29) is 30.5 Å². The molecule has 6 nitrogen and oxygen atoms in total. The van der Waals surface area contributed by atoms with E-state index in [0.29, 0.717) is 0 Å². The second-order valence-electron chi connectivity index (χ2n) is 2.53. The lowest BCUT2D eigenvalue weighted by molar-refractivity contribution is -0.112. The first-order chi connectivity index (χ1) is 5.54. The summed E-state index contributed by atoms with van der Waals surface area (Å²) in [7, 11) is 0. The fourth-order valence-corrected chi connectivity index (χ4v) is 0.703. The highest BCUT2D eigenvalue weighted by molar-refractivity contribution is 14.0. The summed E-state index contributed by atoms with van der Waals surface area (Å²) in [6.45, 7) is -0.911. The zero-order chi connectivity index (χ0) is 9.72. The van der Waals surface area contributed by atoms with Crippen molar-refractivity contribution in [2.45, 2.75) is 24.4 Å². The first-order valence-electron chi connectivity index (χ1n) is 3.57. The molecule has 0 rings (SSSR count). The minimum Gasteiger partial charge on any atom is -0.394 e. The van der Waals surface area contributed by atoms with Crippen LogP contribution in [0, 0.1) is 0 Å². The van der Waals surface area contributed by atoms with Crippen molar-refractivity contribution < 1.29 is 25.5 Å². The maximum atomic E-state index is 9.04. The average Bonchev–Trinajstić information content (AvgIpc) is 2.12. The maximum Gasteiger partial charge on any atom is 0.111 e. The molecule has 0 aromatic heterocycles. The van der Waals surface area contributed by atoms with Gasteiger partial charge in [-0.2, -0.15) is 0 Å². The smallest absolute Gasteiger partial charge is 0.111 e. The molecule has 0 unspecified atom stereocenters. The molecule has 0 saturated heterocycles. The molecule has 4 atom stereocenters. The Bertz CT molecular complexity index is 114. The molecule has 0 heterocycles. The monoisotopic (exact) mass is 309 g/mol. The Balaban J connectivity index is 0. The Morgan fingerprint density at radius 2 is 1.31 bits per heavy atom. The van der Waals surface area contributed by atoms with E-state index in [0.717, 1.165) is 0 Å². The van der Waals surface area contributed by atoms with E-state index >= 15 is 0 Å². The second kappa shape index (κ2) is 7.85. The zero-order valence-corrected chi connectivity index (χ0v) is 9.28. The molecule has 0 aromatic carbocycles. The van der Waals surface area contributed by atoms with Gasteiger partial charge in [-0.05, 0) is 0 Å². The minimum atomic E-state index is -1.59. The lowest BCUT2D eigenvalue weighted by Gasteiger charge is -2.24. The van der Waals surface area contributed by atoms with Crippen molar-refractivity contribution in [2.75, 3.05) is 13.2 Å². The number of hydrogen-bond donors (Lipinski definition) is 6. The predicted molar refractivity (Wildman–Crippen MR) is 55.6 cm³/mol. The van der Waals surface area contributed by atoms with Gasteiger partial charge in [-0.1, -0.05) is 0 Å². The van der Waals surface area contributed by atoms with Gasteiger partial charge in [0.25, 0.3) is 0 Å². The van der Waals surface area contributed by atoms with E-state index in [1.165, 1.54) is 0 Å². The molecule has 0 amide bonds. The summed E-state index contributed by atoms with van der Waals surface area (Å²) in [4.78, 5) is 0. The molecular formula is C6H16INO5. The van der Waals surface area contributed by atoms with Gasteiger partial charge in [0.2, 0.25) is 0 Å². The van der Waals surface area contributed by atoms with Crippen LogP contribution in [-0.4, -0.2) is 63.1 Å². The lowest BCUT2D eigenvalue weighted by Crippen LogP contribution is -2.48. The van der Waals surface area contributed by atoms with Crippen LogP contribution in [-0.2, 0) is 0 Å². The number of aliphatic hydroxyl groups is 5. The van der Waals surface area contributed by atoms with Crippen molar-refractivity contribution in [1.82, 2.24) is 0 Å². The molecule has 7 heteroatoms. The summed E-state index contributed by atoms with van der Waals surface area (Å²) in [5.74, 6) is 0. The van der Waals surface area contributed by atoms with Crippen LogP contribution in [0.15, 0.2) is 0 Å². The molecule has 0 bridgehead atoms. The van der Waals surface area contributed by atoms with Gasteiger partial charge < -0.3 is 31.3 Å². The molecule has 0 spiro atoms. The van der Waals surface area contributed by atoms with Crippen molar-refractivity contribution in [3.05, 3.63) is 0 Å². The van der Waals surface area contributed by atoms with Crippen LogP contribution in [0.4, 0.5) is 0 Å². The third-order valence-corrected chi connectivity index (χ3v) is 1.57. The normalized spacial score (nSPS) is 19.8. The summed E-state index contributed by atoms with van der Waals surface area (Å²) in [5, 5.41) is 44.2. The first-order valence-corrected chi connectivity index (χ1v) is 3.57. The number of rotatable bonds is 5. The highest BCUT2D eigenvalue weighted by Crippen LogP contribution is 2.03. The fourth-order valence-electron chi connectivity index (χ4n) is 0.703. The molecule has 0 saturated carbocycles. The van der Waals surface area contributed by atoms with E-state index in [4.69, 9.17) is 31.3 Å². The quantitative estimate of drug-likeness (QED) is 0.301. The van der Waals surface area contributed by atoms with E-state index < -0.39 is 31.0 Å². The summed E-state index contributed by atoms with van der Waals surface area (Å²) in [6.07, 6.45) is -5.91. The van der Waals surface area contributed by atoms with Gasteiger partial charge in [0, 0.05) is 6.54 Å². The zero-order valence-electron chi connectivity index (χ0n) is 6.95. The molecule has 13 heavy (non-hydrogen) atoms. The van der Waals surface area contributed by atoms with Crippen LogP contribution in [0.25, 0.3) is 0 Å². The Kier molecular flexibility index (Phi) is 9.63. The molecule has 82 valence electrons. The third kappa shape index (κ3) is 5.05. The second-order valence-corrected chi connectivity index (χ2v) is 2.53. The highest BCUT2D eigenvalue weighted by Gasteiger charge is 2.28. The molecular weight excluding hydrogens is 293 g/mol. The first kappa shape index (κ1) is 15.9. The number of hydrogen-bond acceptors (Lipinski definition) is 6. The topological polar surface area (TPSA) is 127 Å². The average molecular weight is 309 g/mol. The summed E-state index contributed by atoms with van der Waals surface area (Å²) < 4.78 is 0. The van der Waals surface area contributed by atoms with Gasteiger partial charge in [0.15, 0.2) is 0 Å². The van der Waals surface area contributed by atoms with Gasteiger partial charge in [-0.15, -0.1) is 24.0 Å². The highest BCUT2D eigenvalue weighted by atomic mass is 127. The SMILES string of the molecule is I.NC[C@@H](O)[C@H](O)[C@H](O)[C@@H](O)CO. The number of halogens is 1. The largest absolute Gasteiger partial charge is 0.394 e. The molecule has 0 fully saturated rings. The molecule has 0 aliphatic carbocycles. The molecule has 0 aliphatic rings. The summed E-state index contributed by atoms with van der Waals surface area (Å²) in [5.41, 5.74) is 4.99. The van der Waals surface area contributed by atoms with Crippen LogP contribution >= 0.6 is 24.0 Å². The fraction of sp³-hybridized carbons (Fsp3) is 1.00. The molecule has 0 aromatic rings. The van der Waals surface area contributed by atoms with E-state index in [9.17, 15) is 0 Å². The Morgan fingerprint density at radius 3 is 1.62 bits per heavy atom. The van der Waals surface area contributed by atoms with Crippen LogP contribution in [0.2, 0.25) is 0 Å². The summed E-state index contributed by atoms with van der Waals surface area (Å²) in [6, 6.07) is 0. The van der Waals surface area contributed by atoms with Crippen LogP contribution in [0.1, 0.15) is 0 Å². The van der Waals surface area contributed by atoms with Crippen molar-refractivity contribution in [2.24, 2.45) is 5.73 Å². The van der Waals surface area contributed by atoms with E-state index in [1.807, 2.05) is 0 Å². The van der Waals surface area contributed by atoms with Gasteiger partial charge in [-0.25, -0.2) is 0 Å². The Labute approximate surface area is 93.0 Å². The third-order valence-electron chi connectivity index (χ3n) is 1.57. The van der Waals surface area contributed by atoms with Crippen molar-refractivity contribution in [3.8, 4) is 0 Å². The molecule has 0 aliphatic heterocycles. The number of nitrogens with two attached hydrogens (primary N) is 1. The van der Waals surface area contributed by atoms with E-state index in [2.05, 4.69) is 0 Å². The molecule has 0 radical (unpaired) electrons. The Hall–Kier alpha value is 0.490.